The van der Waals surface area contributed by atoms with Gasteiger partial charge in [-0.2, -0.15) is 13.2 Å². The highest BCUT2D eigenvalue weighted by molar-refractivity contribution is 9.08. The summed E-state index contributed by atoms with van der Waals surface area (Å²) in [6.07, 6.45) is -3.55. The van der Waals surface area contributed by atoms with Crippen LogP contribution in [0.1, 0.15) is 24.5 Å². The van der Waals surface area contributed by atoms with Crippen molar-refractivity contribution in [2.75, 3.05) is 25.1 Å². The molecule has 1 aromatic carbocycles. The minimum absolute atomic E-state index is 0.0318. The second-order valence-electron chi connectivity index (χ2n) is 5.47. The molecular weight excluding hydrogens is 347 g/mol. The number of methoxy groups -OCH3 is 1. The number of benzene rings is 1. The van der Waals surface area contributed by atoms with Gasteiger partial charge in [0.2, 0.25) is 0 Å². The molecule has 0 saturated carbocycles. The Hall–Kier alpha value is -0.750. The van der Waals surface area contributed by atoms with Crippen LogP contribution in [0.3, 0.4) is 0 Å². The highest BCUT2D eigenvalue weighted by Gasteiger charge is 2.37. The molecule has 2 rings (SSSR count). The lowest BCUT2D eigenvalue weighted by Crippen LogP contribution is -2.44. The zero-order valence-corrected chi connectivity index (χ0v) is 13.7. The summed E-state index contributed by atoms with van der Waals surface area (Å²) in [5, 5.41) is 0.411. The molecule has 0 radical (unpaired) electrons. The van der Waals surface area contributed by atoms with E-state index in [0.717, 1.165) is 6.42 Å². The molecule has 1 aromatic rings. The normalized spacial score (nSPS) is 23.4. The summed E-state index contributed by atoms with van der Waals surface area (Å²) in [5.74, 6) is 0.363. The molecule has 6 heteroatoms. The Kier molecular flexibility index (Phi) is 5.20. The van der Waals surface area contributed by atoms with Gasteiger partial charge in [-0.25, -0.2) is 0 Å². The van der Waals surface area contributed by atoms with Gasteiger partial charge in [0.05, 0.1) is 11.7 Å². The molecule has 0 spiro atoms. The quantitative estimate of drug-likeness (QED) is 0.733. The average molecular weight is 366 g/mol. The van der Waals surface area contributed by atoms with Gasteiger partial charge in [-0.1, -0.05) is 28.9 Å². The van der Waals surface area contributed by atoms with Crippen molar-refractivity contribution >= 4 is 21.6 Å². The molecule has 1 aliphatic heterocycles. The molecule has 1 heterocycles. The number of hydrogen-bond acceptors (Lipinski definition) is 2. The topological polar surface area (TPSA) is 12.5 Å². The summed E-state index contributed by atoms with van der Waals surface area (Å²) in [7, 11) is 1.61. The van der Waals surface area contributed by atoms with E-state index in [9.17, 15) is 13.2 Å². The molecule has 0 bridgehead atoms. The van der Waals surface area contributed by atoms with Crippen molar-refractivity contribution in [3.63, 3.8) is 0 Å². The van der Waals surface area contributed by atoms with E-state index in [0.29, 0.717) is 29.9 Å². The largest absolute Gasteiger partial charge is 0.418 e. The molecule has 2 nitrogen and oxygen atoms in total. The van der Waals surface area contributed by atoms with Gasteiger partial charge >= 0.3 is 6.18 Å². The predicted molar refractivity (Wildman–Crippen MR) is 80.9 cm³/mol. The fourth-order valence-corrected chi connectivity index (χ4v) is 3.08. The van der Waals surface area contributed by atoms with E-state index in [1.54, 1.807) is 24.1 Å². The second-order valence-corrected chi connectivity index (χ2v) is 6.03. The third kappa shape index (κ3) is 3.72. The third-order valence-electron chi connectivity index (χ3n) is 4.05. The summed E-state index contributed by atoms with van der Waals surface area (Å²) >= 11 is 3.21. The molecule has 118 valence electrons. The first-order valence-corrected chi connectivity index (χ1v) is 8.02. The lowest BCUT2D eigenvalue weighted by atomic mass is 9.94. The van der Waals surface area contributed by atoms with E-state index in [1.807, 2.05) is 0 Å². The molecule has 2 atom stereocenters. The van der Waals surface area contributed by atoms with Crippen LogP contribution in [-0.4, -0.2) is 26.3 Å². The minimum atomic E-state index is -4.35. The zero-order valence-electron chi connectivity index (χ0n) is 12.1. The van der Waals surface area contributed by atoms with E-state index >= 15 is 0 Å². The molecule has 0 aromatic heterocycles. The molecule has 1 fully saturated rings. The van der Waals surface area contributed by atoms with Crippen molar-refractivity contribution in [3.05, 3.63) is 29.3 Å². The smallest absolute Gasteiger partial charge is 0.379 e. The molecule has 1 aliphatic rings. The zero-order chi connectivity index (χ0) is 15.6. The maximum atomic E-state index is 13.3. The van der Waals surface area contributed by atoms with Gasteiger partial charge in [0.15, 0.2) is 0 Å². The number of ether oxygens (including phenoxy) is 1. The summed E-state index contributed by atoms with van der Waals surface area (Å²) < 4.78 is 45.3. The Labute approximate surface area is 131 Å². The number of hydrogen-bond donors (Lipinski definition) is 0. The first-order chi connectivity index (χ1) is 9.86. The van der Waals surface area contributed by atoms with Crippen LogP contribution in [0.2, 0.25) is 0 Å². The van der Waals surface area contributed by atoms with E-state index in [1.165, 1.54) is 6.07 Å². The van der Waals surface area contributed by atoms with Crippen molar-refractivity contribution < 1.29 is 17.9 Å². The maximum absolute atomic E-state index is 13.3. The van der Waals surface area contributed by atoms with Crippen molar-refractivity contribution in [1.29, 1.82) is 0 Å². The van der Waals surface area contributed by atoms with E-state index in [2.05, 4.69) is 22.9 Å². The number of nitrogens with zero attached hydrogens (tertiary/aromatic N) is 1. The van der Waals surface area contributed by atoms with Gasteiger partial charge in [-0.05, 0) is 30.0 Å². The number of rotatable bonds is 3. The summed E-state index contributed by atoms with van der Waals surface area (Å²) in [4.78, 5) is 1.79. The Bertz CT molecular complexity index is 492. The SMILES string of the molecule is COC1CN(c2ccc(CBr)cc2C(F)(F)F)CCC1C. The van der Waals surface area contributed by atoms with Crippen LogP contribution in [0.25, 0.3) is 0 Å². The lowest BCUT2D eigenvalue weighted by Gasteiger charge is -2.38. The molecule has 0 N–H and O–H groups in total. The van der Waals surface area contributed by atoms with Crippen LogP contribution >= 0.6 is 15.9 Å². The van der Waals surface area contributed by atoms with Crippen molar-refractivity contribution in [2.45, 2.75) is 31.0 Å². The Balaban J connectivity index is 2.35. The number of piperidine rings is 1. The van der Waals surface area contributed by atoms with Crippen LogP contribution in [0.5, 0.6) is 0 Å². The third-order valence-corrected chi connectivity index (χ3v) is 4.70. The fourth-order valence-electron chi connectivity index (χ4n) is 2.73. The van der Waals surface area contributed by atoms with E-state index in [4.69, 9.17) is 4.74 Å². The Morgan fingerprint density at radius 3 is 2.67 bits per heavy atom. The van der Waals surface area contributed by atoms with Gasteiger partial charge in [0.25, 0.3) is 0 Å². The lowest BCUT2D eigenvalue weighted by molar-refractivity contribution is -0.137. The van der Waals surface area contributed by atoms with Crippen LogP contribution < -0.4 is 4.90 Å². The molecule has 0 aliphatic carbocycles. The van der Waals surface area contributed by atoms with E-state index in [-0.39, 0.29) is 11.8 Å². The van der Waals surface area contributed by atoms with Crippen molar-refractivity contribution in [3.8, 4) is 0 Å². The molecule has 1 saturated heterocycles. The van der Waals surface area contributed by atoms with Gasteiger partial charge in [-0.15, -0.1) is 0 Å². The molecular formula is C15H19BrF3NO. The first-order valence-electron chi connectivity index (χ1n) is 6.90. The van der Waals surface area contributed by atoms with Gasteiger partial charge < -0.3 is 9.64 Å². The van der Waals surface area contributed by atoms with Crippen LogP contribution in [0, 0.1) is 5.92 Å². The standard InChI is InChI=1S/C15H19BrF3NO/c1-10-5-6-20(9-14(10)21-2)13-4-3-11(8-16)7-12(13)15(17,18)19/h3-4,7,10,14H,5-6,8-9H2,1-2H3. The number of anilines is 1. The summed E-state index contributed by atoms with van der Waals surface area (Å²) in [6, 6.07) is 4.53. The van der Waals surface area contributed by atoms with Crippen molar-refractivity contribution in [1.82, 2.24) is 0 Å². The van der Waals surface area contributed by atoms with Gasteiger partial charge in [-0.3, -0.25) is 0 Å². The van der Waals surface area contributed by atoms with E-state index < -0.39 is 11.7 Å². The average Bonchev–Trinajstić information content (AvgIpc) is 2.46. The van der Waals surface area contributed by atoms with Crippen LogP contribution in [0.15, 0.2) is 18.2 Å². The molecule has 2 unspecified atom stereocenters. The highest BCUT2D eigenvalue weighted by atomic mass is 79.9. The highest BCUT2D eigenvalue weighted by Crippen LogP contribution is 2.39. The van der Waals surface area contributed by atoms with Gasteiger partial charge in [0, 0.05) is 31.2 Å². The van der Waals surface area contributed by atoms with Crippen LogP contribution in [0.4, 0.5) is 18.9 Å². The second kappa shape index (κ2) is 6.57. The summed E-state index contributed by atoms with van der Waals surface area (Å²) in [5.41, 5.74) is 0.310. The predicted octanol–water partition coefficient (Wildman–Crippen LogP) is 4.46. The first kappa shape index (κ1) is 16.6. The Morgan fingerprint density at radius 2 is 2.10 bits per heavy atom. The molecule has 0 amide bonds. The minimum Gasteiger partial charge on any atom is -0.379 e. The Morgan fingerprint density at radius 1 is 1.38 bits per heavy atom. The number of halogens is 4. The fraction of sp³-hybridized carbons (Fsp3) is 0.600. The molecule has 21 heavy (non-hydrogen) atoms. The number of alkyl halides is 4. The monoisotopic (exact) mass is 365 g/mol. The summed E-state index contributed by atoms with van der Waals surface area (Å²) in [6.45, 7) is 3.19. The van der Waals surface area contributed by atoms with Crippen molar-refractivity contribution in [2.24, 2.45) is 5.92 Å². The van der Waals surface area contributed by atoms with Crippen LogP contribution in [-0.2, 0) is 16.2 Å². The van der Waals surface area contributed by atoms with Gasteiger partial charge in [0.1, 0.15) is 0 Å². The maximum Gasteiger partial charge on any atom is 0.418 e.